The molecule has 1 aromatic rings. The van der Waals surface area contributed by atoms with E-state index in [0.29, 0.717) is 16.3 Å². The molecule has 96 valence electrons. The molecule has 3 nitrogen and oxygen atoms in total. The van der Waals surface area contributed by atoms with Crippen LogP contribution in [-0.4, -0.2) is 19.8 Å². The van der Waals surface area contributed by atoms with Gasteiger partial charge >= 0.3 is 0 Å². The first-order valence-electron chi connectivity index (χ1n) is 5.72. The Morgan fingerprint density at radius 3 is 2.29 bits per heavy atom. The van der Waals surface area contributed by atoms with Crippen LogP contribution in [0.4, 0.5) is 0 Å². The Morgan fingerprint density at radius 2 is 1.82 bits per heavy atom. The third kappa shape index (κ3) is 4.41. The predicted octanol–water partition coefficient (Wildman–Crippen LogP) is 2.70. The smallest absolute Gasteiger partial charge is 0.211 e. The quantitative estimate of drug-likeness (QED) is 0.819. The molecule has 0 saturated heterocycles. The third-order valence-electron chi connectivity index (χ3n) is 2.47. The van der Waals surface area contributed by atoms with Crippen LogP contribution in [0.1, 0.15) is 25.8 Å². The lowest BCUT2D eigenvalue weighted by molar-refractivity contribution is 0.584. The maximum atomic E-state index is 11.7. The standard InChI is InChI=1S/C12H18BrNO2S/c1-3-11(13)9-10-5-7-12(8-6-10)17(15,16)14-4-2/h5-8,11,14H,3-4,9H2,1-2H3. The van der Waals surface area contributed by atoms with E-state index in [1.807, 2.05) is 12.1 Å². The molecule has 0 fully saturated rings. The molecular formula is C12H18BrNO2S. The van der Waals surface area contributed by atoms with E-state index in [-0.39, 0.29) is 0 Å². The Kier molecular flexibility index (Phi) is 5.62. The SMILES string of the molecule is CCNS(=O)(=O)c1ccc(CC(Br)CC)cc1. The maximum Gasteiger partial charge on any atom is 0.240 e. The van der Waals surface area contributed by atoms with Gasteiger partial charge < -0.3 is 0 Å². The van der Waals surface area contributed by atoms with Gasteiger partial charge in [0, 0.05) is 11.4 Å². The first-order valence-corrected chi connectivity index (χ1v) is 8.12. The molecule has 5 heteroatoms. The van der Waals surface area contributed by atoms with Gasteiger partial charge in [-0.25, -0.2) is 13.1 Å². The van der Waals surface area contributed by atoms with Crippen LogP contribution in [0.5, 0.6) is 0 Å². The zero-order chi connectivity index (χ0) is 12.9. The molecule has 1 atom stereocenters. The lowest BCUT2D eigenvalue weighted by atomic mass is 10.1. The Morgan fingerprint density at radius 1 is 1.24 bits per heavy atom. The zero-order valence-electron chi connectivity index (χ0n) is 10.1. The number of rotatable bonds is 6. The average Bonchev–Trinajstić information content (AvgIpc) is 2.29. The summed E-state index contributed by atoms with van der Waals surface area (Å²) in [4.78, 5) is 0.768. The zero-order valence-corrected chi connectivity index (χ0v) is 12.5. The minimum absolute atomic E-state index is 0.325. The van der Waals surface area contributed by atoms with Crippen molar-refractivity contribution in [1.29, 1.82) is 0 Å². The molecule has 0 heterocycles. The highest BCUT2D eigenvalue weighted by Crippen LogP contribution is 2.15. The minimum atomic E-state index is -3.32. The van der Waals surface area contributed by atoms with E-state index in [0.717, 1.165) is 18.4 Å². The molecule has 1 N–H and O–H groups in total. The second kappa shape index (κ2) is 6.52. The van der Waals surface area contributed by atoms with Crippen molar-refractivity contribution in [3.8, 4) is 0 Å². The van der Waals surface area contributed by atoms with Gasteiger partial charge in [0.2, 0.25) is 10.0 Å². The molecular weight excluding hydrogens is 302 g/mol. The molecule has 0 saturated carbocycles. The number of benzene rings is 1. The monoisotopic (exact) mass is 319 g/mol. The molecule has 0 radical (unpaired) electrons. The number of halogens is 1. The van der Waals surface area contributed by atoms with E-state index >= 15 is 0 Å². The minimum Gasteiger partial charge on any atom is -0.211 e. The van der Waals surface area contributed by atoms with Crippen molar-refractivity contribution >= 4 is 26.0 Å². The molecule has 0 aliphatic heterocycles. The molecule has 1 aromatic carbocycles. The second-order valence-electron chi connectivity index (χ2n) is 3.85. The molecule has 17 heavy (non-hydrogen) atoms. The van der Waals surface area contributed by atoms with Gasteiger partial charge in [-0.2, -0.15) is 0 Å². The fraction of sp³-hybridized carbons (Fsp3) is 0.500. The summed E-state index contributed by atoms with van der Waals surface area (Å²) < 4.78 is 25.9. The summed E-state index contributed by atoms with van der Waals surface area (Å²) in [6.45, 7) is 4.29. The van der Waals surface area contributed by atoms with Crippen LogP contribution in [-0.2, 0) is 16.4 Å². The van der Waals surface area contributed by atoms with Crippen molar-refractivity contribution in [1.82, 2.24) is 4.72 Å². The van der Waals surface area contributed by atoms with Crippen LogP contribution >= 0.6 is 15.9 Å². The Labute approximate surface area is 112 Å². The molecule has 0 bridgehead atoms. The van der Waals surface area contributed by atoms with Crippen molar-refractivity contribution < 1.29 is 8.42 Å². The number of hydrogen-bond acceptors (Lipinski definition) is 2. The highest BCUT2D eigenvalue weighted by molar-refractivity contribution is 9.09. The fourth-order valence-electron chi connectivity index (χ4n) is 1.48. The summed E-state index contributed by atoms with van der Waals surface area (Å²) in [5.41, 5.74) is 1.14. The lowest BCUT2D eigenvalue weighted by Crippen LogP contribution is -2.23. The molecule has 1 unspecified atom stereocenters. The number of hydrogen-bond donors (Lipinski definition) is 1. The predicted molar refractivity (Wildman–Crippen MR) is 74.0 cm³/mol. The van der Waals surface area contributed by atoms with E-state index < -0.39 is 10.0 Å². The highest BCUT2D eigenvalue weighted by Gasteiger charge is 2.12. The normalized spacial score (nSPS) is 13.6. The van der Waals surface area contributed by atoms with Crippen LogP contribution in [0.25, 0.3) is 0 Å². The molecule has 0 aliphatic rings. The summed E-state index contributed by atoms with van der Waals surface area (Å²) >= 11 is 3.57. The van der Waals surface area contributed by atoms with Gasteiger partial charge in [-0.05, 0) is 30.5 Å². The average molecular weight is 320 g/mol. The summed E-state index contributed by atoms with van der Waals surface area (Å²) in [7, 11) is -3.32. The van der Waals surface area contributed by atoms with E-state index in [2.05, 4.69) is 27.6 Å². The number of nitrogens with one attached hydrogen (secondary N) is 1. The van der Waals surface area contributed by atoms with Crippen LogP contribution in [0.15, 0.2) is 29.2 Å². The van der Waals surface area contributed by atoms with Crippen molar-refractivity contribution in [3.63, 3.8) is 0 Å². The summed E-state index contributed by atoms with van der Waals surface area (Å²) in [5, 5.41) is 0. The van der Waals surface area contributed by atoms with Crippen LogP contribution in [0, 0.1) is 0 Å². The Hall–Kier alpha value is -0.390. The van der Waals surface area contributed by atoms with Gasteiger partial charge in [-0.1, -0.05) is 41.9 Å². The topological polar surface area (TPSA) is 46.2 Å². The van der Waals surface area contributed by atoms with Gasteiger partial charge in [0.25, 0.3) is 0 Å². The van der Waals surface area contributed by atoms with E-state index in [9.17, 15) is 8.42 Å². The van der Waals surface area contributed by atoms with Crippen molar-refractivity contribution in [2.45, 2.75) is 36.4 Å². The van der Waals surface area contributed by atoms with Gasteiger partial charge in [0.1, 0.15) is 0 Å². The molecule has 0 spiro atoms. The maximum absolute atomic E-state index is 11.7. The first kappa shape index (κ1) is 14.7. The summed E-state index contributed by atoms with van der Waals surface area (Å²) in [5.74, 6) is 0. The van der Waals surface area contributed by atoms with E-state index in [4.69, 9.17) is 0 Å². The van der Waals surface area contributed by atoms with Crippen LogP contribution in [0.2, 0.25) is 0 Å². The van der Waals surface area contributed by atoms with Crippen LogP contribution < -0.4 is 4.72 Å². The number of sulfonamides is 1. The first-order chi connectivity index (χ1) is 7.99. The van der Waals surface area contributed by atoms with Gasteiger partial charge in [-0.3, -0.25) is 0 Å². The number of alkyl halides is 1. The fourth-order valence-corrected chi connectivity index (χ4v) is 2.89. The van der Waals surface area contributed by atoms with Crippen LogP contribution in [0.3, 0.4) is 0 Å². The van der Waals surface area contributed by atoms with Gasteiger partial charge in [-0.15, -0.1) is 0 Å². The molecule has 0 amide bonds. The lowest BCUT2D eigenvalue weighted by Gasteiger charge is -2.08. The summed E-state index contributed by atoms with van der Waals surface area (Å²) in [6, 6.07) is 7.05. The van der Waals surface area contributed by atoms with E-state index in [1.165, 1.54) is 0 Å². The largest absolute Gasteiger partial charge is 0.240 e. The van der Waals surface area contributed by atoms with Crippen molar-refractivity contribution in [2.24, 2.45) is 0 Å². The summed E-state index contributed by atoms with van der Waals surface area (Å²) in [6.07, 6.45) is 1.97. The van der Waals surface area contributed by atoms with Gasteiger partial charge in [0.15, 0.2) is 0 Å². The molecule has 0 aliphatic carbocycles. The van der Waals surface area contributed by atoms with Gasteiger partial charge in [0.05, 0.1) is 4.90 Å². The molecule has 0 aromatic heterocycles. The Bertz CT molecular complexity index is 442. The Balaban J connectivity index is 2.81. The van der Waals surface area contributed by atoms with Crippen molar-refractivity contribution in [3.05, 3.63) is 29.8 Å². The third-order valence-corrected chi connectivity index (χ3v) is 5.00. The van der Waals surface area contributed by atoms with Crippen molar-refractivity contribution in [2.75, 3.05) is 6.54 Å². The van der Waals surface area contributed by atoms with E-state index in [1.54, 1.807) is 19.1 Å². The highest BCUT2D eigenvalue weighted by atomic mass is 79.9. The second-order valence-corrected chi connectivity index (χ2v) is 6.92. The molecule has 1 rings (SSSR count).